The van der Waals surface area contributed by atoms with Gasteiger partial charge in [0, 0.05) is 31.5 Å². The van der Waals surface area contributed by atoms with Crippen LogP contribution in [0, 0.1) is 0 Å². The van der Waals surface area contributed by atoms with Crippen molar-refractivity contribution in [2.24, 2.45) is 5.73 Å². The lowest BCUT2D eigenvalue weighted by molar-refractivity contribution is -0.134. The summed E-state index contributed by atoms with van der Waals surface area (Å²) in [5.74, 6) is 0.895. The summed E-state index contributed by atoms with van der Waals surface area (Å²) in [5.41, 5.74) is 8.53. The molecule has 3 aromatic rings. The van der Waals surface area contributed by atoms with E-state index in [4.69, 9.17) is 10.2 Å². The van der Waals surface area contributed by atoms with Gasteiger partial charge < -0.3 is 20.0 Å². The molecule has 0 unspecified atom stereocenters. The van der Waals surface area contributed by atoms with Crippen molar-refractivity contribution >= 4 is 11.8 Å². The zero-order valence-corrected chi connectivity index (χ0v) is 18.6. The van der Waals surface area contributed by atoms with Gasteiger partial charge in [-0.05, 0) is 30.0 Å². The van der Waals surface area contributed by atoms with Crippen LogP contribution in [0.15, 0.2) is 77.4 Å². The Kier molecular flexibility index (Phi) is 6.01. The highest BCUT2D eigenvalue weighted by Gasteiger charge is 2.43. The molecule has 0 bridgehead atoms. The van der Waals surface area contributed by atoms with Gasteiger partial charge in [0.25, 0.3) is 5.91 Å². The van der Waals surface area contributed by atoms with Gasteiger partial charge in [0.2, 0.25) is 5.91 Å². The first kappa shape index (κ1) is 21.5. The minimum absolute atomic E-state index is 0.0442. The van der Waals surface area contributed by atoms with Crippen LogP contribution in [0.2, 0.25) is 0 Å². The van der Waals surface area contributed by atoms with Crippen molar-refractivity contribution in [1.29, 1.82) is 0 Å². The average molecular weight is 444 g/mol. The number of nitrogens with two attached hydrogens (primary N) is 1. The van der Waals surface area contributed by atoms with E-state index in [0.29, 0.717) is 36.8 Å². The second kappa shape index (κ2) is 9.24. The molecule has 3 atom stereocenters. The Morgan fingerprint density at radius 1 is 0.939 bits per heavy atom. The van der Waals surface area contributed by atoms with Crippen LogP contribution in [0.4, 0.5) is 0 Å². The van der Waals surface area contributed by atoms with Gasteiger partial charge in [0.15, 0.2) is 0 Å². The highest BCUT2D eigenvalue weighted by Crippen LogP contribution is 2.36. The quantitative estimate of drug-likeness (QED) is 0.651. The monoisotopic (exact) mass is 443 g/mol. The first-order valence-corrected chi connectivity index (χ1v) is 11.6. The van der Waals surface area contributed by atoms with Crippen LogP contribution in [0.1, 0.15) is 51.9 Å². The number of carbonyl (C=O) groups is 2. The van der Waals surface area contributed by atoms with Gasteiger partial charge in [-0.15, -0.1) is 0 Å². The van der Waals surface area contributed by atoms with Crippen LogP contribution < -0.4 is 5.73 Å². The predicted molar refractivity (Wildman–Crippen MR) is 126 cm³/mol. The summed E-state index contributed by atoms with van der Waals surface area (Å²) in [5, 5.41) is 0. The molecule has 3 heterocycles. The van der Waals surface area contributed by atoms with Crippen molar-refractivity contribution in [3.63, 3.8) is 0 Å². The summed E-state index contributed by atoms with van der Waals surface area (Å²) < 4.78 is 5.40. The maximum absolute atomic E-state index is 13.7. The molecule has 2 aliphatic rings. The molecule has 0 saturated carbocycles. The third-order valence-corrected chi connectivity index (χ3v) is 6.99. The first-order chi connectivity index (χ1) is 16.1. The molecule has 5 rings (SSSR count). The number of rotatable bonds is 5. The van der Waals surface area contributed by atoms with E-state index >= 15 is 0 Å². The van der Waals surface area contributed by atoms with Crippen molar-refractivity contribution in [2.45, 2.75) is 37.3 Å². The topological polar surface area (TPSA) is 79.8 Å². The molecule has 2 aromatic carbocycles. The Morgan fingerprint density at radius 2 is 1.61 bits per heavy atom. The molecule has 33 heavy (non-hydrogen) atoms. The van der Waals surface area contributed by atoms with Crippen LogP contribution in [0.25, 0.3) is 0 Å². The number of furan rings is 1. The Bertz CT molecular complexity index is 1110. The van der Waals surface area contributed by atoms with E-state index in [1.165, 1.54) is 11.8 Å². The standard InChI is InChI=1S/C27H29N3O3/c28-15-24-13-23(18-33-24)26(31)30-17-22(20-9-5-2-6-10-20)14-25(30)27(32)29-12-11-21(16-29)19-7-3-1-4-8-19/h1-10,13,18,21-22,25H,11-12,14-17,28H2/t21-,22-,25-/m0/s1. The van der Waals surface area contributed by atoms with Gasteiger partial charge in [-0.2, -0.15) is 0 Å². The van der Waals surface area contributed by atoms with Crippen molar-refractivity contribution < 1.29 is 14.0 Å². The molecule has 2 N–H and O–H groups in total. The fourth-order valence-electron chi connectivity index (χ4n) is 5.20. The minimum Gasteiger partial charge on any atom is -0.467 e. The zero-order chi connectivity index (χ0) is 22.8. The Balaban J connectivity index is 1.37. The summed E-state index contributed by atoms with van der Waals surface area (Å²) in [6, 6.07) is 21.7. The number of nitrogens with zero attached hydrogens (tertiary/aromatic N) is 2. The number of hydrogen-bond acceptors (Lipinski definition) is 4. The summed E-state index contributed by atoms with van der Waals surface area (Å²) in [6.45, 7) is 2.16. The van der Waals surface area contributed by atoms with Gasteiger partial charge in [-0.1, -0.05) is 60.7 Å². The SMILES string of the molecule is NCc1cc(C(=O)N2C[C@@H](c3ccccc3)C[C@H]2C(=O)N2CC[C@H](c3ccccc3)C2)co1. The van der Waals surface area contributed by atoms with Gasteiger partial charge in [-0.25, -0.2) is 0 Å². The van der Waals surface area contributed by atoms with Gasteiger partial charge >= 0.3 is 0 Å². The Morgan fingerprint density at radius 3 is 2.24 bits per heavy atom. The maximum atomic E-state index is 13.7. The second-order valence-corrected chi connectivity index (χ2v) is 9.00. The molecule has 0 spiro atoms. The van der Waals surface area contributed by atoms with Gasteiger partial charge in [0.05, 0.1) is 12.1 Å². The van der Waals surface area contributed by atoms with Crippen LogP contribution in [0.3, 0.4) is 0 Å². The van der Waals surface area contributed by atoms with E-state index in [1.54, 1.807) is 11.0 Å². The van der Waals surface area contributed by atoms with Crippen LogP contribution in [-0.4, -0.2) is 47.3 Å². The highest BCUT2D eigenvalue weighted by atomic mass is 16.3. The van der Waals surface area contributed by atoms with E-state index in [1.807, 2.05) is 41.3 Å². The van der Waals surface area contributed by atoms with Crippen LogP contribution >= 0.6 is 0 Å². The molecule has 0 radical (unpaired) electrons. The number of benzene rings is 2. The Labute approximate surface area is 194 Å². The van der Waals surface area contributed by atoms with E-state index in [2.05, 4.69) is 24.3 Å². The number of hydrogen-bond donors (Lipinski definition) is 1. The van der Waals surface area contributed by atoms with Gasteiger partial charge in [-0.3, -0.25) is 9.59 Å². The lowest BCUT2D eigenvalue weighted by Gasteiger charge is -2.27. The molecule has 2 aliphatic heterocycles. The molecular weight excluding hydrogens is 414 g/mol. The molecule has 1 aromatic heterocycles. The number of likely N-dealkylation sites (tertiary alicyclic amines) is 2. The van der Waals surface area contributed by atoms with Crippen molar-refractivity contribution in [2.75, 3.05) is 19.6 Å². The fraction of sp³-hybridized carbons (Fsp3) is 0.333. The second-order valence-electron chi connectivity index (χ2n) is 9.00. The normalized spacial score (nSPS) is 22.6. The molecule has 0 aliphatic carbocycles. The molecule has 170 valence electrons. The van der Waals surface area contributed by atoms with Crippen molar-refractivity contribution in [3.8, 4) is 0 Å². The summed E-state index contributed by atoms with van der Waals surface area (Å²) in [6.07, 6.45) is 3.02. The molecule has 2 fully saturated rings. The zero-order valence-electron chi connectivity index (χ0n) is 18.6. The van der Waals surface area contributed by atoms with E-state index in [9.17, 15) is 9.59 Å². The average Bonchev–Trinajstić information content (AvgIpc) is 3.64. The van der Waals surface area contributed by atoms with Crippen LogP contribution in [0.5, 0.6) is 0 Å². The van der Waals surface area contributed by atoms with E-state index < -0.39 is 6.04 Å². The van der Waals surface area contributed by atoms with Crippen LogP contribution in [-0.2, 0) is 11.3 Å². The minimum atomic E-state index is -0.478. The molecule has 2 amide bonds. The third kappa shape index (κ3) is 4.31. The summed E-state index contributed by atoms with van der Waals surface area (Å²) >= 11 is 0. The lowest BCUT2D eigenvalue weighted by Crippen LogP contribution is -2.47. The smallest absolute Gasteiger partial charge is 0.257 e. The predicted octanol–water partition coefficient (Wildman–Crippen LogP) is 3.75. The lowest BCUT2D eigenvalue weighted by atomic mass is 9.96. The summed E-state index contributed by atoms with van der Waals surface area (Å²) in [4.78, 5) is 30.8. The Hall–Kier alpha value is -3.38. The number of amides is 2. The number of carbonyl (C=O) groups excluding carboxylic acids is 2. The molecule has 6 heteroatoms. The van der Waals surface area contributed by atoms with E-state index in [0.717, 1.165) is 18.5 Å². The van der Waals surface area contributed by atoms with Crippen molar-refractivity contribution in [1.82, 2.24) is 9.80 Å². The van der Waals surface area contributed by atoms with E-state index in [-0.39, 0.29) is 24.3 Å². The maximum Gasteiger partial charge on any atom is 0.257 e. The molecule has 6 nitrogen and oxygen atoms in total. The molecular formula is C27H29N3O3. The largest absolute Gasteiger partial charge is 0.467 e. The fourth-order valence-corrected chi connectivity index (χ4v) is 5.20. The highest BCUT2D eigenvalue weighted by molar-refractivity contribution is 5.98. The van der Waals surface area contributed by atoms with Crippen molar-refractivity contribution in [3.05, 3.63) is 95.4 Å². The summed E-state index contributed by atoms with van der Waals surface area (Å²) in [7, 11) is 0. The van der Waals surface area contributed by atoms with Gasteiger partial charge in [0.1, 0.15) is 18.1 Å². The first-order valence-electron chi connectivity index (χ1n) is 11.6. The molecule has 2 saturated heterocycles. The third-order valence-electron chi connectivity index (χ3n) is 6.99.